The van der Waals surface area contributed by atoms with Crippen molar-refractivity contribution in [1.82, 2.24) is 0 Å². The van der Waals surface area contributed by atoms with Crippen molar-refractivity contribution >= 4 is 34.9 Å². The molecule has 1 N–H and O–H groups in total. The van der Waals surface area contributed by atoms with Gasteiger partial charge in [-0.3, -0.25) is 14.4 Å². The number of ether oxygens (including phenoxy) is 1. The van der Waals surface area contributed by atoms with E-state index in [2.05, 4.69) is 10.1 Å². The Morgan fingerprint density at radius 2 is 2.12 bits per heavy atom. The quantitative estimate of drug-likeness (QED) is 0.604. The SMILES string of the molecule is COC(=O)C1C(=O)Nc2cc(Cl)ccc2C1=O. The maximum atomic E-state index is 11.9. The van der Waals surface area contributed by atoms with Crippen LogP contribution in [0.5, 0.6) is 0 Å². The average molecular weight is 254 g/mol. The monoisotopic (exact) mass is 253 g/mol. The Balaban J connectivity index is 2.47. The lowest BCUT2D eigenvalue weighted by molar-refractivity contribution is -0.146. The summed E-state index contributed by atoms with van der Waals surface area (Å²) in [4.78, 5) is 34.9. The number of anilines is 1. The summed E-state index contributed by atoms with van der Waals surface area (Å²) in [5, 5.41) is 2.85. The molecular weight excluding hydrogens is 246 g/mol. The summed E-state index contributed by atoms with van der Waals surface area (Å²) in [6.07, 6.45) is 0. The standard InChI is InChI=1S/C11H8ClNO4/c1-17-11(16)8-9(14)6-3-2-5(12)4-7(6)13-10(8)15/h2-4,8H,1H3,(H,13,15). The number of carbonyl (C=O) groups is 3. The molecule has 1 amide bonds. The van der Waals surface area contributed by atoms with Crippen molar-refractivity contribution in [2.45, 2.75) is 0 Å². The van der Waals surface area contributed by atoms with E-state index in [0.717, 1.165) is 7.11 Å². The van der Waals surface area contributed by atoms with Crippen molar-refractivity contribution in [2.75, 3.05) is 12.4 Å². The molecule has 0 saturated heterocycles. The Bertz CT molecular complexity index is 526. The number of hydrogen-bond donors (Lipinski definition) is 1. The van der Waals surface area contributed by atoms with Crippen LogP contribution in [0, 0.1) is 5.92 Å². The highest BCUT2D eigenvalue weighted by molar-refractivity contribution is 6.33. The predicted molar refractivity (Wildman–Crippen MR) is 59.9 cm³/mol. The highest BCUT2D eigenvalue weighted by atomic mass is 35.5. The fourth-order valence-electron chi connectivity index (χ4n) is 1.65. The van der Waals surface area contributed by atoms with E-state index >= 15 is 0 Å². The first kappa shape index (κ1) is 11.6. The first-order valence-electron chi connectivity index (χ1n) is 4.77. The van der Waals surface area contributed by atoms with E-state index < -0.39 is 23.6 Å². The van der Waals surface area contributed by atoms with Crippen LogP contribution in [-0.2, 0) is 14.3 Å². The minimum Gasteiger partial charge on any atom is -0.468 e. The number of amides is 1. The molecule has 0 radical (unpaired) electrons. The van der Waals surface area contributed by atoms with Crippen molar-refractivity contribution < 1.29 is 19.1 Å². The second-order valence-electron chi connectivity index (χ2n) is 3.50. The highest BCUT2D eigenvalue weighted by Gasteiger charge is 2.40. The molecule has 0 fully saturated rings. The molecule has 2 rings (SSSR count). The van der Waals surface area contributed by atoms with Crippen molar-refractivity contribution in [3.8, 4) is 0 Å². The molecule has 1 aromatic rings. The number of halogens is 1. The molecule has 0 aliphatic carbocycles. The number of methoxy groups -OCH3 is 1. The minimum absolute atomic E-state index is 0.254. The van der Waals surface area contributed by atoms with Gasteiger partial charge in [-0.2, -0.15) is 0 Å². The lowest BCUT2D eigenvalue weighted by Gasteiger charge is -2.21. The van der Waals surface area contributed by atoms with Gasteiger partial charge in [-0.25, -0.2) is 0 Å². The van der Waals surface area contributed by atoms with Crippen LogP contribution in [-0.4, -0.2) is 24.8 Å². The van der Waals surface area contributed by atoms with Crippen LogP contribution in [0.2, 0.25) is 5.02 Å². The number of nitrogens with one attached hydrogen (secondary N) is 1. The fraction of sp³-hybridized carbons (Fsp3) is 0.182. The van der Waals surface area contributed by atoms with Gasteiger partial charge in [-0.15, -0.1) is 0 Å². The van der Waals surface area contributed by atoms with Gasteiger partial charge in [0.05, 0.1) is 12.8 Å². The molecule has 5 nitrogen and oxygen atoms in total. The normalized spacial score (nSPS) is 18.4. The Morgan fingerprint density at radius 3 is 2.76 bits per heavy atom. The van der Waals surface area contributed by atoms with Gasteiger partial charge >= 0.3 is 5.97 Å². The molecule has 1 heterocycles. The first-order valence-corrected chi connectivity index (χ1v) is 5.15. The molecule has 1 atom stereocenters. The molecule has 1 aliphatic heterocycles. The summed E-state index contributed by atoms with van der Waals surface area (Å²) < 4.78 is 4.42. The van der Waals surface area contributed by atoms with E-state index in [0.29, 0.717) is 10.7 Å². The zero-order valence-electron chi connectivity index (χ0n) is 8.82. The summed E-state index contributed by atoms with van der Waals surface area (Å²) >= 11 is 5.74. The Hall–Kier alpha value is -1.88. The summed E-state index contributed by atoms with van der Waals surface area (Å²) in [5.41, 5.74) is 0.567. The van der Waals surface area contributed by atoms with E-state index in [1.807, 2.05) is 0 Å². The molecule has 17 heavy (non-hydrogen) atoms. The third-order valence-electron chi connectivity index (χ3n) is 2.47. The summed E-state index contributed by atoms with van der Waals surface area (Å²) in [5.74, 6) is -3.58. The molecule has 1 aliphatic rings. The van der Waals surface area contributed by atoms with E-state index in [4.69, 9.17) is 11.6 Å². The van der Waals surface area contributed by atoms with Crippen LogP contribution in [0.3, 0.4) is 0 Å². The summed E-state index contributed by atoms with van der Waals surface area (Å²) in [7, 11) is 1.13. The topological polar surface area (TPSA) is 72.5 Å². The number of hydrogen-bond acceptors (Lipinski definition) is 4. The van der Waals surface area contributed by atoms with Crippen LogP contribution in [0.1, 0.15) is 10.4 Å². The molecule has 0 saturated carbocycles. The second-order valence-corrected chi connectivity index (χ2v) is 3.94. The lowest BCUT2D eigenvalue weighted by atomic mass is 9.92. The molecule has 88 valence electrons. The molecule has 0 spiro atoms. The largest absolute Gasteiger partial charge is 0.468 e. The van der Waals surface area contributed by atoms with Crippen molar-refractivity contribution in [3.63, 3.8) is 0 Å². The number of esters is 1. The smallest absolute Gasteiger partial charge is 0.326 e. The molecule has 0 bridgehead atoms. The van der Waals surface area contributed by atoms with Gasteiger partial charge in [0.1, 0.15) is 0 Å². The molecule has 6 heteroatoms. The third-order valence-corrected chi connectivity index (χ3v) is 2.70. The van der Waals surface area contributed by atoms with Crippen molar-refractivity contribution in [1.29, 1.82) is 0 Å². The van der Waals surface area contributed by atoms with Crippen LogP contribution < -0.4 is 5.32 Å². The number of benzene rings is 1. The molecule has 1 aromatic carbocycles. The third kappa shape index (κ3) is 1.89. The number of Topliss-reactive ketones (excluding diaryl/α,β-unsaturated/α-hetero) is 1. The van der Waals surface area contributed by atoms with E-state index in [9.17, 15) is 14.4 Å². The molecule has 1 unspecified atom stereocenters. The van der Waals surface area contributed by atoms with Gasteiger partial charge in [-0.05, 0) is 18.2 Å². The first-order chi connectivity index (χ1) is 8.04. The summed E-state index contributed by atoms with van der Waals surface area (Å²) in [6, 6.07) is 4.44. The minimum atomic E-state index is -1.44. The summed E-state index contributed by atoms with van der Waals surface area (Å²) in [6.45, 7) is 0. The Kier molecular flexibility index (Phi) is 2.85. The highest BCUT2D eigenvalue weighted by Crippen LogP contribution is 2.28. The van der Waals surface area contributed by atoms with Crippen LogP contribution in [0.15, 0.2) is 18.2 Å². The maximum Gasteiger partial charge on any atom is 0.326 e. The van der Waals surface area contributed by atoms with Crippen LogP contribution >= 0.6 is 11.6 Å². The Labute approximate surface area is 102 Å². The second kappa shape index (κ2) is 4.18. The van der Waals surface area contributed by atoms with Gasteiger partial charge in [0.2, 0.25) is 5.91 Å². The lowest BCUT2D eigenvalue weighted by Crippen LogP contribution is -2.40. The van der Waals surface area contributed by atoms with Gasteiger partial charge in [0, 0.05) is 10.6 Å². The van der Waals surface area contributed by atoms with Crippen LogP contribution in [0.4, 0.5) is 5.69 Å². The van der Waals surface area contributed by atoms with Crippen molar-refractivity contribution in [3.05, 3.63) is 28.8 Å². The Morgan fingerprint density at radius 1 is 1.41 bits per heavy atom. The molecular formula is C11H8ClNO4. The fourth-order valence-corrected chi connectivity index (χ4v) is 1.82. The number of carbonyl (C=O) groups excluding carboxylic acids is 3. The predicted octanol–water partition coefficient (Wildman–Crippen LogP) is 1.26. The number of fused-ring (bicyclic) bond motifs is 1. The molecule has 0 aromatic heterocycles. The van der Waals surface area contributed by atoms with Gasteiger partial charge in [0.25, 0.3) is 0 Å². The number of ketones is 1. The zero-order valence-corrected chi connectivity index (χ0v) is 9.58. The zero-order chi connectivity index (χ0) is 12.6. The van der Waals surface area contributed by atoms with Crippen LogP contribution in [0.25, 0.3) is 0 Å². The van der Waals surface area contributed by atoms with E-state index in [1.165, 1.54) is 18.2 Å². The van der Waals surface area contributed by atoms with Gasteiger partial charge in [-0.1, -0.05) is 11.6 Å². The van der Waals surface area contributed by atoms with Crippen molar-refractivity contribution in [2.24, 2.45) is 5.92 Å². The van der Waals surface area contributed by atoms with Gasteiger partial charge < -0.3 is 10.1 Å². The maximum absolute atomic E-state index is 11.9. The van der Waals surface area contributed by atoms with Gasteiger partial charge in [0.15, 0.2) is 11.7 Å². The average Bonchev–Trinajstić information content (AvgIpc) is 2.28. The number of rotatable bonds is 1. The van der Waals surface area contributed by atoms with E-state index in [1.54, 1.807) is 0 Å². The van der Waals surface area contributed by atoms with E-state index in [-0.39, 0.29) is 5.56 Å².